The second-order valence-corrected chi connectivity index (χ2v) is 6.27. The molecule has 1 N–H and O–H groups in total. The average Bonchev–Trinajstić information content (AvgIpc) is 3.00. The van der Waals surface area contributed by atoms with E-state index in [0.29, 0.717) is 19.5 Å². The lowest BCUT2D eigenvalue weighted by Gasteiger charge is -2.16. The highest BCUT2D eigenvalue weighted by Gasteiger charge is 2.36. The SMILES string of the molecule is Cc1cccc(CC(=O)N2C[C@@H](CO)[C@H](c3ccccn3)C2)c1. The van der Waals surface area contributed by atoms with Gasteiger partial charge in [-0.15, -0.1) is 0 Å². The molecule has 2 aromatic rings. The third-order valence-electron chi connectivity index (χ3n) is 4.53. The van der Waals surface area contributed by atoms with Crippen molar-refractivity contribution in [2.75, 3.05) is 19.7 Å². The van der Waals surface area contributed by atoms with Gasteiger partial charge in [-0.05, 0) is 24.6 Å². The van der Waals surface area contributed by atoms with Gasteiger partial charge in [-0.2, -0.15) is 0 Å². The van der Waals surface area contributed by atoms with Crippen molar-refractivity contribution >= 4 is 5.91 Å². The Labute approximate surface area is 136 Å². The summed E-state index contributed by atoms with van der Waals surface area (Å²) in [5, 5.41) is 9.66. The van der Waals surface area contributed by atoms with Gasteiger partial charge in [-0.3, -0.25) is 9.78 Å². The van der Waals surface area contributed by atoms with Gasteiger partial charge in [0.15, 0.2) is 0 Å². The standard InChI is InChI=1S/C19H22N2O2/c1-14-5-4-6-15(9-14)10-19(23)21-11-16(13-22)17(12-21)18-7-2-3-8-20-18/h2-9,16-17,22H,10-13H2,1H3/t16-,17+/m0/s1. The zero-order valence-corrected chi connectivity index (χ0v) is 13.4. The van der Waals surface area contributed by atoms with E-state index in [1.54, 1.807) is 6.20 Å². The third-order valence-corrected chi connectivity index (χ3v) is 4.53. The van der Waals surface area contributed by atoms with Crippen molar-refractivity contribution in [3.63, 3.8) is 0 Å². The fraction of sp³-hybridized carbons (Fsp3) is 0.368. The molecule has 0 bridgehead atoms. The van der Waals surface area contributed by atoms with Crippen molar-refractivity contribution in [3.8, 4) is 0 Å². The molecule has 23 heavy (non-hydrogen) atoms. The molecule has 0 saturated carbocycles. The maximum absolute atomic E-state index is 12.6. The number of aryl methyl sites for hydroxylation is 1. The maximum Gasteiger partial charge on any atom is 0.227 e. The molecule has 2 atom stereocenters. The predicted octanol–water partition coefficient (Wildman–Crippen LogP) is 2.17. The minimum absolute atomic E-state index is 0.0614. The molecule has 0 aliphatic carbocycles. The molecule has 0 radical (unpaired) electrons. The molecule has 1 aliphatic heterocycles. The van der Waals surface area contributed by atoms with Gasteiger partial charge in [0.1, 0.15) is 0 Å². The number of benzene rings is 1. The van der Waals surface area contributed by atoms with Crippen molar-refractivity contribution in [2.45, 2.75) is 19.3 Å². The van der Waals surface area contributed by atoms with Crippen molar-refractivity contribution in [1.29, 1.82) is 0 Å². The molecule has 1 amide bonds. The molecule has 1 aromatic carbocycles. The van der Waals surface area contributed by atoms with Crippen LogP contribution in [0.25, 0.3) is 0 Å². The molecule has 120 valence electrons. The second kappa shape index (κ2) is 6.92. The Morgan fingerprint density at radius 2 is 2.13 bits per heavy atom. The van der Waals surface area contributed by atoms with Crippen molar-refractivity contribution < 1.29 is 9.90 Å². The van der Waals surface area contributed by atoms with Crippen molar-refractivity contribution in [3.05, 3.63) is 65.5 Å². The molecule has 0 unspecified atom stereocenters. The highest BCUT2D eigenvalue weighted by molar-refractivity contribution is 5.79. The third kappa shape index (κ3) is 3.59. The molecule has 1 aromatic heterocycles. The molecule has 1 saturated heterocycles. The molecule has 0 spiro atoms. The minimum atomic E-state index is 0.0614. The van der Waals surface area contributed by atoms with Crippen LogP contribution in [0.1, 0.15) is 22.7 Å². The summed E-state index contributed by atoms with van der Waals surface area (Å²) in [6.07, 6.45) is 2.18. The van der Waals surface area contributed by atoms with Crippen molar-refractivity contribution in [1.82, 2.24) is 9.88 Å². The average molecular weight is 310 g/mol. The van der Waals surface area contributed by atoms with Crippen LogP contribution in [0.3, 0.4) is 0 Å². The van der Waals surface area contributed by atoms with E-state index >= 15 is 0 Å². The van der Waals surface area contributed by atoms with Crippen LogP contribution in [-0.4, -0.2) is 40.6 Å². The second-order valence-electron chi connectivity index (χ2n) is 6.27. The number of aliphatic hydroxyl groups is 1. The van der Waals surface area contributed by atoms with Gasteiger partial charge in [-0.25, -0.2) is 0 Å². The van der Waals surface area contributed by atoms with E-state index < -0.39 is 0 Å². The number of amides is 1. The Morgan fingerprint density at radius 1 is 1.26 bits per heavy atom. The normalized spacial score (nSPS) is 20.7. The van der Waals surface area contributed by atoms with Gasteiger partial charge in [0.25, 0.3) is 0 Å². The Kier molecular flexibility index (Phi) is 4.72. The van der Waals surface area contributed by atoms with Crippen LogP contribution in [0.4, 0.5) is 0 Å². The summed E-state index contributed by atoms with van der Waals surface area (Å²) in [6.45, 7) is 3.34. The quantitative estimate of drug-likeness (QED) is 0.941. The number of pyridine rings is 1. The summed E-state index contributed by atoms with van der Waals surface area (Å²) < 4.78 is 0. The van der Waals surface area contributed by atoms with Crippen LogP contribution in [0.5, 0.6) is 0 Å². The molecule has 1 fully saturated rings. The molecule has 4 nitrogen and oxygen atoms in total. The number of rotatable bonds is 4. The number of carbonyl (C=O) groups excluding carboxylic acids is 1. The first kappa shape index (κ1) is 15.7. The summed E-state index contributed by atoms with van der Waals surface area (Å²) in [5.41, 5.74) is 3.16. The first-order valence-corrected chi connectivity index (χ1v) is 8.02. The fourth-order valence-corrected chi connectivity index (χ4v) is 3.30. The molecular formula is C19H22N2O2. The Bertz CT molecular complexity index is 672. The van der Waals surface area contributed by atoms with E-state index in [2.05, 4.69) is 4.98 Å². The zero-order chi connectivity index (χ0) is 16.2. The maximum atomic E-state index is 12.6. The van der Waals surface area contributed by atoms with E-state index in [4.69, 9.17) is 0 Å². The fourth-order valence-electron chi connectivity index (χ4n) is 3.30. The first-order chi connectivity index (χ1) is 11.2. The lowest BCUT2D eigenvalue weighted by atomic mass is 9.93. The Hall–Kier alpha value is -2.20. The van der Waals surface area contributed by atoms with Crippen LogP contribution < -0.4 is 0 Å². The number of likely N-dealkylation sites (tertiary alicyclic amines) is 1. The topological polar surface area (TPSA) is 53.4 Å². The van der Waals surface area contributed by atoms with Gasteiger partial charge in [-0.1, -0.05) is 35.9 Å². The molecule has 2 heterocycles. The largest absolute Gasteiger partial charge is 0.396 e. The molecule has 1 aliphatic rings. The number of hydrogen-bond acceptors (Lipinski definition) is 3. The Morgan fingerprint density at radius 3 is 2.83 bits per heavy atom. The van der Waals surface area contributed by atoms with E-state index in [1.165, 1.54) is 0 Å². The van der Waals surface area contributed by atoms with Crippen LogP contribution >= 0.6 is 0 Å². The lowest BCUT2D eigenvalue weighted by molar-refractivity contribution is -0.129. The van der Waals surface area contributed by atoms with E-state index in [-0.39, 0.29) is 24.3 Å². The number of aliphatic hydroxyl groups excluding tert-OH is 1. The van der Waals surface area contributed by atoms with E-state index in [9.17, 15) is 9.90 Å². The minimum Gasteiger partial charge on any atom is -0.396 e. The van der Waals surface area contributed by atoms with E-state index in [1.807, 2.05) is 54.3 Å². The van der Waals surface area contributed by atoms with Crippen molar-refractivity contribution in [2.24, 2.45) is 5.92 Å². The number of hydrogen-bond donors (Lipinski definition) is 1. The Balaban J connectivity index is 1.70. The summed E-state index contributed by atoms with van der Waals surface area (Å²) in [5.74, 6) is 0.293. The molecular weight excluding hydrogens is 288 g/mol. The monoisotopic (exact) mass is 310 g/mol. The predicted molar refractivity (Wildman–Crippen MR) is 89.0 cm³/mol. The number of carbonyl (C=O) groups is 1. The molecule has 3 rings (SSSR count). The van der Waals surface area contributed by atoms with Crippen LogP contribution in [0.2, 0.25) is 0 Å². The van der Waals surface area contributed by atoms with Gasteiger partial charge in [0.2, 0.25) is 5.91 Å². The van der Waals surface area contributed by atoms with Crippen LogP contribution in [0.15, 0.2) is 48.7 Å². The van der Waals surface area contributed by atoms with Crippen LogP contribution in [-0.2, 0) is 11.2 Å². The summed E-state index contributed by atoms with van der Waals surface area (Å²) in [7, 11) is 0. The van der Waals surface area contributed by atoms with Gasteiger partial charge < -0.3 is 10.0 Å². The lowest BCUT2D eigenvalue weighted by Crippen LogP contribution is -2.30. The summed E-state index contributed by atoms with van der Waals surface area (Å²) in [4.78, 5) is 18.9. The summed E-state index contributed by atoms with van der Waals surface area (Å²) >= 11 is 0. The molecule has 4 heteroatoms. The van der Waals surface area contributed by atoms with Crippen LogP contribution in [0, 0.1) is 12.8 Å². The van der Waals surface area contributed by atoms with Gasteiger partial charge in [0, 0.05) is 43.4 Å². The highest BCUT2D eigenvalue weighted by atomic mass is 16.3. The first-order valence-electron chi connectivity index (χ1n) is 8.02. The van der Waals surface area contributed by atoms with Gasteiger partial charge >= 0.3 is 0 Å². The smallest absolute Gasteiger partial charge is 0.227 e. The summed E-state index contributed by atoms with van der Waals surface area (Å²) in [6, 6.07) is 13.9. The van der Waals surface area contributed by atoms with Gasteiger partial charge in [0.05, 0.1) is 6.42 Å². The van der Waals surface area contributed by atoms with E-state index in [0.717, 1.165) is 16.8 Å². The number of aromatic nitrogens is 1. The zero-order valence-electron chi connectivity index (χ0n) is 13.4. The highest BCUT2D eigenvalue weighted by Crippen LogP contribution is 2.31. The number of nitrogens with zero attached hydrogens (tertiary/aromatic N) is 2.